The minimum Gasteiger partial charge on any atom is -0.461 e. The summed E-state index contributed by atoms with van der Waals surface area (Å²) in [4.78, 5) is 12.1. The molecule has 1 aliphatic carbocycles. The van der Waals surface area contributed by atoms with Crippen LogP contribution in [-0.2, 0) is 9.53 Å². The highest BCUT2D eigenvalue weighted by Crippen LogP contribution is 2.24. The summed E-state index contributed by atoms with van der Waals surface area (Å²) in [5, 5.41) is 0. The van der Waals surface area contributed by atoms with Gasteiger partial charge in [-0.2, -0.15) is 0 Å². The predicted molar refractivity (Wildman–Crippen MR) is 126 cm³/mol. The number of rotatable bonds is 12. The highest BCUT2D eigenvalue weighted by Gasteiger charge is 2.21. The summed E-state index contributed by atoms with van der Waals surface area (Å²) in [6.45, 7) is 11.4. The molecule has 2 heteroatoms. The van der Waals surface area contributed by atoms with Crippen LogP contribution in [0.15, 0.2) is 46.6 Å². The van der Waals surface area contributed by atoms with Crippen molar-refractivity contribution in [2.75, 3.05) is 6.61 Å². The second-order valence-electron chi connectivity index (χ2n) is 9.01. The van der Waals surface area contributed by atoms with E-state index in [1.165, 1.54) is 48.0 Å². The van der Waals surface area contributed by atoms with Crippen molar-refractivity contribution in [2.24, 2.45) is 5.92 Å². The minimum absolute atomic E-state index is 0.00805. The first-order chi connectivity index (χ1) is 13.9. The molecular weight excluding hydrogens is 356 g/mol. The normalized spacial score (nSPS) is 16.7. The summed E-state index contributed by atoms with van der Waals surface area (Å²) >= 11 is 0. The first-order valence-corrected chi connectivity index (χ1v) is 11.7. The van der Waals surface area contributed by atoms with Crippen LogP contribution in [0, 0.1) is 5.92 Å². The van der Waals surface area contributed by atoms with Crippen LogP contribution in [0.2, 0.25) is 0 Å². The van der Waals surface area contributed by atoms with Gasteiger partial charge < -0.3 is 4.74 Å². The first kappa shape index (κ1) is 25.5. The van der Waals surface area contributed by atoms with E-state index in [0.717, 1.165) is 44.9 Å². The molecular formula is C27H44O2. The predicted octanol–water partition coefficient (Wildman–Crippen LogP) is 8.26. The number of carbonyl (C=O) groups excluding carboxylic acids is 1. The first-order valence-electron chi connectivity index (χ1n) is 11.7. The summed E-state index contributed by atoms with van der Waals surface area (Å²) in [6.07, 6.45) is 21.5. The van der Waals surface area contributed by atoms with Crippen molar-refractivity contribution in [1.29, 1.82) is 0 Å². The van der Waals surface area contributed by atoms with E-state index in [2.05, 4.69) is 58.9 Å². The van der Waals surface area contributed by atoms with Crippen LogP contribution >= 0.6 is 0 Å². The summed E-state index contributed by atoms with van der Waals surface area (Å²) in [7, 11) is 0. The number of ether oxygens (including phenoxy) is 1. The second-order valence-corrected chi connectivity index (χ2v) is 9.01. The van der Waals surface area contributed by atoms with E-state index >= 15 is 0 Å². The second kappa shape index (κ2) is 15.3. The van der Waals surface area contributed by atoms with Crippen LogP contribution < -0.4 is 0 Å². The molecule has 0 aliphatic heterocycles. The lowest BCUT2D eigenvalue weighted by atomic mass is 9.89. The molecule has 29 heavy (non-hydrogen) atoms. The molecule has 0 spiro atoms. The van der Waals surface area contributed by atoms with Gasteiger partial charge in [0.25, 0.3) is 0 Å². The molecule has 2 nitrogen and oxygen atoms in total. The lowest BCUT2D eigenvalue weighted by Crippen LogP contribution is -2.20. The summed E-state index contributed by atoms with van der Waals surface area (Å²) in [5.74, 6) is 0.154. The van der Waals surface area contributed by atoms with Gasteiger partial charge in [0.1, 0.15) is 6.61 Å². The Morgan fingerprint density at radius 3 is 1.72 bits per heavy atom. The highest BCUT2D eigenvalue weighted by molar-refractivity contribution is 5.72. The van der Waals surface area contributed by atoms with Gasteiger partial charge in [-0.05, 0) is 92.1 Å². The van der Waals surface area contributed by atoms with Gasteiger partial charge in [-0.25, -0.2) is 0 Å². The Bertz CT molecular complexity index is 594. The fourth-order valence-electron chi connectivity index (χ4n) is 3.71. The number of esters is 1. The van der Waals surface area contributed by atoms with Crippen LogP contribution in [0.25, 0.3) is 0 Å². The number of hydrogen-bond acceptors (Lipinski definition) is 2. The molecule has 1 rings (SSSR count). The molecule has 0 aromatic heterocycles. The zero-order valence-corrected chi connectivity index (χ0v) is 19.7. The largest absolute Gasteiger partial charge is 0.461 e. The summed E-state index contributed by atoms with van der Waals surface area (Å²) < 4.78 is 5.46. The molecule has 164 valence electrons. The molecule has 1 aliphatic rings. The van der Waals surface area contributed by atoms with Gasteiger partial charge in [-0.3, -0.25) is 4.79 Å². The van der Waals surface area contributed by atoms with Crippen LogP contribution in [0.5, 0.6) is 0 Å². The summed E-state index contributed by atoms with van der Waals surface area (Å²) in [5.41, 5.74) is 5.68. The maximum atomic E-state index is 12.1. The lowest BCUT2D eigenvalue weighted by molar-refractivity contribution is -0.148. The Hall–Kier alpha value is -1.57. The van der Waals surface area contributed by atoms with Gasteiger partial charge in [0, 0.05) is 0 Å². The number of hydrogen-bond donors (Lipinski definition) is 0. The Kier molecular flexibility index (Phi) is 13.4. The van der Waals surface area contributed by atoms with E-state index in [-0.39, 0.29) is 11.9 Å². The molecule has 1 saturated carbocycles. The highest BCUT2D eigenvalue weighted by atomic mass is 16.5. The molecule has 0 aromatic carbocycles. The van der Waals surface area contributed by atoms with Crippen molar-refractivity contribution < 1.29 is 9.53 Å². The molecule has 0 N–H and O–H groups in total. The van der Waals surface area contributed by atoms with E-state index in [1.54, 1.807) is 0 Å². The van der Waals surface area contributed by atoms with Gasteiger partial charge in [0.15, 0.2) is 0 Å². The fourth-order valence-corrected chi connectivity index (χ4v) is 3.71. The van der Waals surface area contributed by atoms with E-state index in [9.17, 15) is 4.79 Å². The van der Waals surface area contributed by atoms with E-state index in [1.807, 2.05) is 0 Å². The number of carbonyl (C=O) groups is 1. The SMILES string of the molecule is CC(C)=CCC/C(C)=C/CCC(C)=CCC/C(C)=C/COC(=O)C1CCCCC1. The van der Waals surface area contributed by atoms with Crippen molar-refractivity contribution in [2.45, 2.75) is 105 Å². The van der Waals surface area contributed by atoms with Crippen LogP contribution in [0.1, 0.15) is 105 Å². The topological polar surface area (TPSA) is 26.3 Å². The number of allylic oxidation sites excluding steroid dienone is 7. The zero-order valence-electron chi connectivity index (χ0n) is 19.7. The van der Waals surface area contributed by atoms with E-state index < -0.39 is 0 Å². The minimum atomic E-state index is 0.00805. The zero-order chi connectivity index (χ0) is 21.5. The van der Waals surface area contributed by atoms with Gasteiger partial charge >= 0.3 is 5.97 Å². The van der Waals surface area contributed by atoms with Crippen molar-refractivity contribution in [1.82, 2.24) is 0 Å². The molecule has 1 fully saturated rings. The quantitative estimate of drug-likeness (QED) is 0.243. The third kappa shape index (κ3) is 13.3. The Morgan fingerprint density at radius 2 is 1.21 bits per heavy atom. The Labute approximate surface area is 180 Å². The lowest BCUT2D eigenvalue weighted by Gasteiger charge is -2.19. The van der Waals surface area contributed by atoms with Crippen molar-refractivity contribution >= 4 is 5.97 Å². The van der Waals surface area contributed by atoms with Crippen molar-refractivity contribution in [3.63, 3.8) is 0 Å². The molecule has 0 unspecified atom stereocenters. The molecule has 0 aromatic rings. The van der Waals surface area contributed by atoms with Gasteiger partial charge in [-0.1, -0.05) is 59.8 Å². The molecule has 0 bridgehead atoms. The molecule has 0 amide bonds. The van der Waals surface area contributed by atoms with Crippen molar-refractivity contribution in [3.05, 3.63) is 46.6 Å². The molecule has 0 saturated heterocycles. The van der Waals surface area contributed by atoms with Crippen molar-refractivity contribution in [3.8, 4) is 0 Å². The van der Waals surface area contributed by atoms with Crippen LogP contribution in [-0.4, -0.2) is 12.6 Å². The van der Waals surface area contributed by atoms with Crippen LogP contribution in [0.4, 0.5) is 0 Å². The average Bonchev–Trinajstić information content (AvgIpc) is 2.68. The molecule has 0 heterocycles. The van der Waals surface area contributed by atoms with Crippen LogP contribution in [0.3, 0.4) is 0 Å². The standard InChI is InChI=1S/C27H44O2/c1-22(2)12-9-13-23(3)14-10-15-24(4)16-11-17-25(5)20-21-29-27(28)26-18-7-6-8-19-26/h12,14,16,20,26H,6-11,13,15,17-19,21H2,1-5H3/b23-14+,24-16?,25-20+. The smallest absolute Gasteiger partial charge is 0.309 e. The molecule has 0 atom stereocenters. The fraction of sp³-hybridized carbons (Fsp3) is 0.667. The maximum absolute atomic E-state index is 12.1. The maximum Gasteiger partial charge on any atom is 0.309 e. The van der Waals surface area contributed by atoms with Gasteiger partial charge in [0.05, 0.1) is 5.92 Å². The van der Waals surface area contributed by atoms with Gasteiger partial charge in [0.2, 0.25) is 0 Å². The Balaban J connectivity index is 2.19. The Morgan fingerprint density at radius 1 is 0.724 bits per heavy atom. The van der Waals surface area contributed by atoms with E-state index in [4.69, 9.17) is 4.74 Å². The molecule has 0 radical (unpaired) electrons. The monoisotopic (exact) mass is 400 g/mol. The average molecular weight is 401 g/mol. The van der Waals surface area contributed by atoms with Gasteiger partial charge in [-0.15, -0.1) is 0 Å². The third-order valence-electron chi connectivity index (χ3n) is 5.75. The van der Waals surface area contributed by atoms with E-state index in [0.29, 0.717) is 6.61 Å². The summed E-state index contributed by atoms with van der Waals surface area (Å²) in [6, 6.07) is 0. The third-order valence-corrected chi connectivity index (χ3v) is 5.75.